The number of aromatic nitrogens is 2. The third kappa shape index (κ3) is 3.41. The van der Waals surface area contributed by atoms with Crippen LogP contribution in [0.3, 0.4) is 0 Å². The van der Waals surface area contributed by atoms with Crippen molar-refractivity contribution in [3.05, 3.63) is 47.8 Å². The lowest BCUT2D eigenvalue weighted by Crippen LogP contribution is -2.49. The highest BCUT2D eigenvalue weighted by Crippen LogP contribution is 2.20. The van der Waals surface area contributed by atoms with Gasteiger partial charge in [0.15, 0.2) is 0 Å². The predicted molar refractivity (Wildman–Crippen MR) is 75.8 cm³/mol. The van der Waals surface area contributed by atoms with Crippen LogP contribution in [-0.2, 0) is 17.9 Å². The normalized spacial score (nSPS) is 15.6. The summed E-state index contributed by atoms with van der Waals surface area (Å²) in [6.45, 7) is 2.51. The number of ether oxygens (including phenoxy) is 1. The third-order valence-corrected chi connectivity index (χ3v) is 3.59. The first-order valence-corrected chi connectivity index (χ1v) is 6.86. The van der Waals surface area contributed by atoms with Gasteiger partial charge in [0.25, 0.3) is 0 Å². The van der Waals surface area contributed by atoms with Crippen molar-refractivity contribution in [2.45, 2.75) is 13.2 Å². The molecule has 0 radical (unpaired) electrons. The maximum absolute atomic E-state index is 10.7. The first kappa shape index (κ1) is 13.6. The summed E-state index contributed by atoms with van der Waals surface area (Å²) in [5.41, 5.74) is 2.09. The zero-order valence-corrected chi connectivity index (χ0v) is 11.5. The summed E-state index contributed by atoms with van der Waals surface area (Å²) in [6, 6.07) is 9.75. The first-order chi connectivity index (χ1) is 10.2. The number of nitrogens with zero attached hydrogens (tertiary/aromatic N) is 2. The number of carboxylic acids is 1. The number of nitrogens with one attached hydrogen (secondary N) is 1. The highest BCUT2D eigenvalue weighted by Gasteiger charge is 2.31. The molecule has 1 aliphatic rings. The maximum Gasteiger partial charge on any atom is 0.309 e. The van der Waals surface area contributed by atoms with Crippen molar-refractivity contribution in [1.29, 1.82) is 0 Å². The maximum atomic E-state index is 10.7. The minimum Gasteiger partial charge on any atom is -0.487 e. The molecular formula is C15H17N3O3. The SMILES string of the molecule is O=C(O)C1CN(Cc2ccc(OCc3ccn[nH]3)cc2)C1. The lowest BCUT2D eigenvalue weighted by molar-refractivity contribution is -0.147. The van der Waals surface area contributed by atoms with Crippen LogP contribution in [0.2, 0.25) is 0 Å². The Hall–Kier alpha value is -2.34. The standard InChI is InChI=1S/C15H17N3O3/c19-15(20)12-8-18(9-12)7-11-1-3-14(4-2-11)21-10-13-5-6-16-17-13/h1-6,12H,7-10H2,(H,16,17)(H,19,20). The van der Waals surface area contributed by atoms with E-state index < -0.39 is 5.97 Å². The van der Waals surface area contributed by atoms with Crippen LogP contribution in [0, 0.1) is 5.92 Å². The van der Waals surface area contributed by atoms with E-state index in [0.29, 0.717) is 19.7 Å². The molecule has 0 aliphatic carbocycles. The third-order valence-electron chi connectivity index (χ3n) is 3.59. The Bertz CT molecular complexity index is 589. The second kappa shape index (κ2) is 5.97. The van der Waals surface area contributed by atoms with E-state index >= 15 is 0 Å². The van der Waals surface area contributed by atoms with Crippen LogP contribution >= 0.6 is 0 Å². The second-order valence-electron chi connectivity index (χ2n) is 5.24. The summed E-state index contributed by atoms with van der Waals surface area (Å²) >= 11 is 0. The van der Waals surface area contributed by atoms with Crippen molar-refractivity contribution in [2.75, 3.05) is 13.1 Å². The van der Waals surface area contributed by atoms with Crippen LogP contribution < -0.4 is 4.74 Å². The van der Waals surface area contributed by atoms with E-state index in [0.717, 1.165) is 23.6 Å². The number of H-pyrrole nitrogens is 1. The fraction of sp³-hybridized carbons (Fsp3) is 0.333. The zero-order chi connectivity index (χ0) is 14.7. The number of carbonyl (C=O) groups is 1. The predicted octanol–water partition coefficient (Wildman–Crippen LogP) is 1.51. The molecule has 1 aromatic carbocycles. The lowest BCUT2D eigenvalue weighted by atomic mass is 10.00. The number of rotatable bonds is 6. The highest BCUT2D eigenvalue weighted by molar-refractivity contribution is 5.71. The molecule has 0 unspecified atom stereocenters. The van der Waals surface area contributed by atoms with Gasteiger partial charge in [-0.25, -0.2) is 0 Å². The molecule has 21 heavy (non-hydrogen) atoms. The summed E-state index contributed by atoms with van der Waals surface area (Å²) in [7, 11) is 0. The Labute approximate surface area is 122 Å². The first-order valence-electron chi connectivity index (χ1n) is 6.86. The summed E-state index contributed by atoms with van der Waals surface area (Å²) in [4.78, 5) is 12.9. The van der Waals surface area contributed by atoms with Crippen molar-refractivity contribution in [3.8, 4) is 5.75 Å². The molecule has 0 atom stereocenters. The van der Waals surface area contributed by atoms with E-state index in [-0.39, 0.29) is 5.92 Å². The molecule has 0 amide bonds. The Morgan fingerprint density at radius 1 is 1.33 bits per heavy atom. The summed E-state index contributed by atoms with van der Waals surface area (Å²) in [5, 5.41) is 15.5. The molecular weight excluding hydrogens is 270 g/mol. The zero-order valence-electron chi connectivity index (χ0n) is 11.5. The second-order valence-corrected chi connectivity index (χ2v) is 5.24. The number of hydrogen-bond donors (Lipinski definition) is 2. The molecule has 110 valence electrons. The van der Waals surface area contributed by atoms with E-state index in [2.05, 4.69) is 15.1 Å². The van der Waals surface area contributed by atoms with Crippen molar-refractivity contribution < 1.29 is 14.6 Å². The summed E-state index contributed by atoms with van der Waals surface area (Å²) in [5.74, 6) is -0.101. The number of benzene rings is 1. The van der Waals surface area contributed by atoms with Gasteiger partial charge in [-0.15, -0.1) is 0 Å². The molecule has 3 rings (SSSR count). The van der Waals surface area contributed by atoms with Gasteiger partial charge < -0.3 is 9.84 Å². The lowest BCUT2D eigenvalue weighted by Gasteiger charge is -2.36. The molecule has 2 aromatic rings. The molecule has 1 saturated heterocycles. The fourth-order valence-corrected chi connectivity index (χ4v) is 2.33. The van der Waals surface area contributed by atoms with Crippen LogP contribution in [0.15, 0.2) is 36.5 Å². The average Bonchev–Trinajstić information content (AvgIpc) is 2.94. The van der Waals surface area contributed by atoms with Crippen LogP contribution in [0.25, 0.3) is 0 Å². The van der Waals surface area contributed by atoms with Crippen molar-refractivity contribution in [1.82, 2.24) is 15.1 Å². The van der Waals surface area contributed by atoms with Crippen LogP contribution in [0.4, 0.5) is 0 Å². The Morgan fingerprint density at radius 3 is 2.71 bits per heavy atom. The molecule has 6 heteroatoms. The van der Waals surface area contributed by atoms with Crippen molar-refractivity contribution >= 4 is 5.97 Å². The van der Waals surface area contributed by atoms with E-state index in [4.69, 9.17) is 9.84 Å². The van der Waals surface area contributed by atoms with E-state index in [1.54, 1.807) is 6.20 Å². The molecule has 0 saturated carbocycles. The fourth-order valence-electron chi connectivity index (χ4n) is 2.33. The number of likely N-dealkylation sites (tertiary alicyclic amines) is 1. The average molecular weight is 287 g/mol. The monoisotopic (exact) mass is 287 g/mol. The quantitative estimate of drug-likeness (QED) is 0.842. The Balaban J connectivity index is 1.47. The van der Waals surface area contributed by atoms with Crippen LogP contribution in [-0.4, -0.2) is 39.3 Å². The Kier molecular flexibility index (Phi) is 3.87. The van der Waals surface area contributed by atoms with E-state index in [1.165, 1.54) is 0 Å². The molecule has 2 N–H and O–H groups in total. The van der Waals surface area contributed by atoms with Crippen LogP contribution in [0.1, 0.15) is 11.3 Å². The van der Waals surface area contributed by atoms with E-state index in [1.807, 2.05) is 30.3 Å². The summed E-state index contributed by atoms with van der Waals surface area (Å²) < 4.78 is 5.64. The smallest absolute Gasteiger partial charge is 0.309 e. The number of aromatic amines is 1. The summed E-state index contributed by atoms with van der Waals surface area (Å²) in [6.07, 6.45) is 1.69. The van der Waals surface area contributed by atoms with Gasteiger partial charge in [-0.05, 0) is 23.8 Å². The minimum atomic E-state index is -0.700. The highest BCUT2D eigenvalue weighted by atomic mass is 16.5. The van der Waals surface area contributed by atoms with Gasteiger partial charge in [-0.2, -0.15) is 5.10 Å². The van der Waals surface area contributed by atoms with Gasteiger partial charge in [0, 0.05) is 25.8 Å². The van der Waals surface area contributed by atoms with E-state index in [9.17, 15) is 4.79 Å². The van der Waals surface area contributed by atoms with Gasteiger partial charge in [0.05, 0.1) is 11.6 Å². The molecule has 1 aromatic heterocycles. The number of aliphatic carboxylic acids is 1. The van der Waals surface area contributed by atoms with Gasteiger partial charge in [-0.3, -0.25) is 14.8 Å². The molecule has 0 spiro atoms. The molecule has 2 heterocycles. The number of hydrogen-bond acceptors (Lipinski definition) is 4. The Morgan fingerprint density at radius 2 is 2.10 bits per heavy atom. The van der Waals surface area contributed by atoms with Gasteiger partial charge in [0.2, 0.25) is 0 Å². The van der Waals surface area contributed by atoms with Crippen molar-refractivity contribution in [3.63, 3.8) is 0 Å². The largest absolute Gasteiger partial charge is 0.487 e. The molecule has 6 nitrogen and oxygen atoms in total. The topological polar surface area (TPSA) is 78.4 Å². The van der Waals surface area contributed by atoms with Gasteiger partial charge in [-0.1, -0.05) is 12.1 Å². The van der Waals surface area contributed by atoms with Gasteiger partial charge >= 0.3 is 5.97 Å². The van der Waals surface area contributed by atoms with Crippen LogP contribution in [0.5, 0.6) is 5.75 Å². The van der Waals surface area contributed by atoms with Gasteiger partial charge in [0.1, 0.15) is 12.4 Å². The van der Waals surface area contributed by atoms with Crippen molar-refractivity contribution in [2.24, 2.45) is 5.92 Å². The number of carboxylic acid groups (broad SMARTS) is 1. The minimum absolute atomic E-state index is 0.206. The molecule has 1 aliphatic heterocycles. The molecule has 1 fully saturated rings. The molecule has 0 bridgehead atoms.